The number of hydrogen-bond donors (Lipinski definition) is 1. The number of aromatic nitrogens is 2. The molecule has 0 saturated carbocycles. The molecule has 1 aromatic heterocycles. The average molecular weight is 281 g/mol. The molecule has 112 valence electrons. The van der Waals surface area contributed by atoms with Crippen LogP contribution in [0.5, 0.6) is 0 Å². The molecule has 7 heteroatoms. The predicted octanol–water partition coefficient (Wildman–Crippen LogP) is 0.0202. The van der Waals surface area contributed by atoms with E-state index in [9.17, 15) is 4.79 Å². The molecular formula is C13H23N5O2. The van der Waals surface area contributed by atoms with Gasteiger partial charge in [-0.25, -0.2) is 0 Å². The van der Waals surface area contributed by atoms with Crippen LogP contribution in [0.4, 0.5) is 0 Å². The Morgan fingerprint density at radius 3 is 2.70 bits per heavy atom. The van der Waals surface area contributed by atoms with Crippen LogP contribution < -0.4 is 5.32 Å². The fourth-order valence-corrected chi connectivity index (χ4v) is 2.27. The van der Waals surface area contributed by atoms with E-state index in [-0.39, 0.29) is 5.91 Å². The minimum absolute atomic E-state index is 0.165. The molecule has 1 fully saturated rings. The molecule has 20 heavy (non-hydrogen) atoms. The van der Waals surface area contributed by atoms with Crippen LogP contribution in [0, 0.1) is 6.92 Å². The SMILES string of the molecule is Cc1noc(CNC2CCN(CC(=O)N(C)C)CC2)n1. The summed E-state index contributed by atoms with van der Waals surface area (Å²) in [6.45, 7) is 4.83. The van der Waals surface area contributed by atoms with Crippen LogP contribution in [0.25, 0.3) is 0 Å². The molecule has 1 aliphatic rings. The quantitative estimate of drug-likeness (QED) is 0.820. The highest BCUT2D eigenvalue weighted by Crippen LogP contribution is 2.11. The zero-order chi connectivity index (χ0) is 14.5. The van der Waals surface area contributed by atoms with E-state index in [4.69, 9.17) is 4.52 Å². The number of rotatable bonds is 5. The number of carbonyl (C=O) groups excluding carboxylic acids is 1. The molecule has 0 atom stereocenters. The second-order valence-electron chi connectivity index (χ2n) is 5.45. The Labute approximate surface area is 119 Å². The minimum atomic E-state index is 0.165. The first-order chi connectivity index (χ1) is 9.54. The molecule has 1 amide bonds. The monoisotopic (exact) mass is 281 g/mol. The number of piperidine rings is 1. The van der Waals surface area contributed by atoms with E-state index in [1.54, 1.807) is 19.0 Å². The van der Waals surface area contributed by atoms with Gasteiger partial charge in [0.15, 0.2) is 5.82 Å². The van der Waals surface area contributed by atoms with Gasteiger partial charge in [0.1, 0.15) is 0 Å². The first-order valence-electron chi connectivity index (χ1n) is 6.99. The average Bonchev–Trinajstić information content (AvgIpc) is 2.83. The number of amides is 1. The van der Waals surface area contributed by atoms with Gasteiger partial charge in [-0.2, -0.15) is 4.98 Å². The molecule has 0 radical (unpaired) electrons. The molecule has 0 aromatic carbocycles. The normalized spacial score (nSPS) is 17.4. The van der Waals surface area contributed by atoms with Gasteiger partial charge in [0.2, 0.25) is 11.8 Å². The number of nitrogens with zero attached hydrogens (tertiary/aromatic N) is 4. The van der Waals surface area contributed by atoms with Gasteiger partial charge in [-0.15, -0.1) is 0 Å². The summed E-state index contributed by atoms with van der Waals surface area (Å²) >= 11 is 0. The Bertz CT molecular complexity index is 438. The summed E-state index contributed by atoms with van der Waals surface area (Å²) in [6.07, 6.45) is 2.07. The van der Waals surface area contributed by atoms with Gasteiger partial charge in [-0.1, -0.05) is 5.16 Å². The standard InChI is InChI=1S/C13H23N5O2/c1-10-15-12(20-16-10)8-14-11-4-6-18(7-5-11)9-13(19)17(2)3/h11,14H,4-9H2,1-3H3. The highest BCUT2D eigenvalue weighted by molar-refractivity contribution is 5.77. The van der Waals surface area contributed by atoms with Gasteiger partial charge in [-0.3, -0.25) is 9.69 Å². The fourth-order valence-electron chi connectivity index (χ4n) is 2.27. The van der Waals surface area contributed by atoms with Crippen molar-refractivity contribution in [2.24, 2.45) is 0 Å². The molecular weight excluding hydrogens is 258 g/mol. The third kappa shape index (κ3) is 4.28. The summed E-state index contributed by atoms with van der Waals surface area (Å²) in [7, 11) is 3.59. The van der Waals surface area contributed by atoms with Gasteiger partial charge in [0.25, 0.3) is 0 Å². The maximum atomic E-state index is 11.6. The summed E-state index contributed by atoms with van der Waals surface area (Å²) in [5.74, 6) is 1.46. The molecule has 0 aliphatic carbocycles. The molecule has 1 N–H and O–H groups in total. The number of carbonyl (C=O) groups is 1. The van der Waals surface area contributed by atoms with Crippen LogP contribution in [0.3, 0.4) is 0 Å². The third-order valence-corrected chi connectivity index (χ3v) is 3.56. The zero-order valence-electron chi connectivity index (χ0n) is 12.4. The van der Waals surface area contributed by atoms with Crippen molar-refractivity contribution in [2.75, 3.05) is 33.7 Å². The summed E-state index contributed by atoms with van der Waals surface area (Å²) in [4.78, 5) is 19.7. The number of likely N-dealkylation sites (tertiary alicyclic amines) is 1. The van der Waals surface area contributed by atoms with Crippen LogP contribution in [0.15, 0.2) is 4.52 Å². The molecule has 1 saturated heterocycles. The van der Waals surface area contributed by atoms with Crippen LogP contribution >= 0.6 is 0 Å². The Morgan fingerprint density at radius 1 is 1.45 bits per heavy atom. The Balaban J connectivity index is 1.68. The second-order valence-corrected chi connectivity index (χ2v) is 5.45. The van der Waals surface area contributed by atoms with Crippen molar-refractivity contribution in [2.45, 2.75) is 32.4 Å². The molecule has 0 unspecified atom stereocenters. The third-order valence-electron chi connectivity index (χ3n) is 3.56. The molecule has 0 bridgehead atoms. The first-order valence-corrected chi connectivity index (χ1v) is 6.99. The van der Waals surface area contributed by atoms with Gasteiger partial charge in [0.05, 0.1) is 13.1 Å². The lowest BCUT2D eigenvalue weighted by Gasteiger charge is -2.32. The van der Waals surface area contributed by atoms with Crippen LogP contribution in [-0.4, -0.2) is 65.6 Å². The highest BCUT2D eigenvalue weighted by atomic mass is 16.5. The lowest BCUT2D eigenvalue weighted by atomic mass is 10.1. The zero-order valence-corrected chi connectivity index (χ0v) is 12.4. The molecule has 7 nitrogen and oxygen atoms in total. The van der Waals surface area contributed by atoms with E-state index >= 15 is 0 Å². The van der Waals surface area contributed by atoms with Crippen molar-refractivity contribution in [1.29, 1.82) is 0 Å². The van der Waals surface area contributed by atoms with E-state index < -0.39 is 0 Å². The van der Waals surface area contributed by atoms with Crippen molar-refractivity contribution < 1.29 is 9.32 Å². The molecule has 2 rings (SSSR count). The largest absolute Gasteiger partial charge is 0.348 e. The maximum absolute atomic E-state index is 11.6. The lowest BCUT2D eigenvalue weighted by Crippen LogP contribution is -2.45. The minimum Gasteiger partial charge on any atom is -0.348 e. The smallest absolute Gasteiger partial charge is 0.240 e. The van der Waals surface area contributed by atoms with Crippen molar-refractivity contribution in [1.82, 2.24) is 25.3 Å². The fraction of sp³-hybridized carbons (Fsp3) is 0.769. The van der Waals surface area contributed by atoms with Crippen molar-refractivity contribution in [3.8, 4) is 0 Å². The van der Waals surface area contributed by atoms with Crippen molar-refractivity contribution in [3.63, 3.8) is 0 Å². The Hall–Kier alpha value is -1.47. The van der Waals surface area contributed by atoms with Crippen LogP contribution in [0.1, 0.15) is 24.6 Å². The van der Waals surface area contributed by atoms with E-state index in [1.807, 2.05) is 6.92 Å². The highest BCUT2D eigenvalue weighted by Gasteiger charge is 2.21. The van der Waals surface area contributed by atoms with Gasteiger partial charge >= 0.3 is 0 Å². The van der Waals surface area contributed by atoms with Gasteiger partial charge in [-0.05, 0) is 19.8 Å². The van der Waals surface area contributed by atoms with Crippen LogP contribution in [0.2, 0.25) is 0 Å². The molecule has 1 aromatic rings. The number of likely N-dealkylation sites (N-methyl/N-ethyl adjacent to an activating group) is 1. The van der Waals surface area contributed by atoms with Gasteiger partial charge < -0.3 is 14.7 Å². The number of hydrogen-bond acceptors (Lipinski definition) is 6. The summed E-state index contributed by atoms with van der Waals surface area (Å²) in [6, 6.07) is 0.452. The Morgan fingerprint density at radius 2 is 2.15 bits per heavy atom. The second kappa shape index (κ2) is 6.81. The lowest BCUT2D eigenvalue weighted by molar-refractivity contribution is -0.130. The summed E-state index contributed by atoms with van der Waals surface area (Å²) in [5, 5.41) is 7.19. The number of nitrogens with one attached hydrogen (secondary N) is 1. The van der Waals surface area contributed by atoms with Crippen LogP contribution in [-0.2, 0) is 11.3 Å². The van der Waals surface area contributed by atoms with Gasteiger partial charge in [0, 0.05) is 33.2 Å². The summed E-state index contributed by atoms with van der Waals surface area (Å²) in [5.41, 5.74) is 0. The number of aryl methyl sites for hydroxylation is 1. The van der Waals surface area contributed by atoms with E-state index in [0.29, 0.717) is 30.8 Å². The summed E-state index contributed by atoms with van der Waals surface area (Å²) < 4.78 is 5.07. The maximum Gasteiger partial charge on any atom is 0.240 e. The molecule has 2 heterocycles. The topological polar surface area (TPSA) is 74.5 Å². The Kier molecular flexibility index (Phi) is 5.08. The van der Waals surface area contributed by atoms with E-state index in [1.165, 1.54) is 0 Å². The molecule has 1 aliphatic heterocycles. The predicted molar refractivity (Wildman–Crippen MR) is 74.0 cm³/mol. The van der Waals surface area contributed by atoms with Crippen molar-refractivity contribution >= 4 is 5.91 Å². The first kappa shape index (κ1) is 14.9. The van der Waals surface area contributed by atoms with E-state index in [0.717, 1.165) is 25.9 Å². The van der Waals surface area contributed by atoms with Crippen molar-refractivity contribution in [3.05, 3.63) is 11.7 Å². The molecule has 0 spiro atoms. The van der Waals surface area contributed by atoms with E-state index in [2.05, 4.69) is 20.4 Å².